The molecule has 4 heterocycles. The lowest BCUT2D eigenvalue weighted by molar-refractivity contribution is -0.253. The second kappa shape index (κ2) is 11.9. The Bertz CT molecular complexity index is 1580. The Morgan fingerprint density at radius 1 is 1.20 bits per heavy atom. The molecule has 3 amide bonds. The second-order valence-corrected chi connectivity index (χ2v) is 9.92. The number of pyridine rings is 2. The first-order valence-corrected chi connectivity index (χ1v) is 13.3. The first-order chi connectivity index (χ1) is 19.7. The number of hydrogen-bond donors (Lipinski definition) is 3. The van der Waals surface area contributed by atoms with Gasteiger partial charge < -0.3 is 20.1 Å². The van der Waals surface area contributed by atoms with Crippen molar-refractivity contribution in [2.45, 2.75) is 19.1 Å². The maximum absolute atomic E-state index is 13.6. The number of ether oxygens (including phenoxy) is 2. The third kappa shape index (κ3) is 6.78. The van der Waals surface area contributed by atoms with Gasteiger partial charge in [-0.2, -0.15) is 8.78 Å². The zero-order valence-electron chi connectivity index (χ0n) is 21.4. The average Bonchev–Trinajstić information content (AvgIpc) is 3.33. The van der Waals surface area contributed by atoms with Gasteiger partial charge in [0.15, 0.2) is 17.5 Å². The molecule has 0 saturated heterocycles. The number of carbonyl (C=O) groups excluding carboxylic acids is 2. The molecule has 0 radical (unpaired) electrons. The van der Waals surface area contributed by atoms with Crippen LogP contribution in [0.4, 0.5) is 30.9 Å². The van der Waals surface area contributed by atoms with Crippen LogP contribution in [0.5, 0.6) is 0 Å². The summed E-state index contributed by atoms with van der Waals surface area (Å²) in [5.41, 5.74) is 2.95. The Balaban J connectivity index is 1.21. The van der Waals surface area contributed by atoms with Crippen LogP contribution >= 0.6 is 22.9 Å². The van der Waals surface area contributed by atoms with Crippen molar-refractivity contribution in [1.29, 1.82) is 0 Å². The number of rotatable bonds is 7. The number of halogens is 3. The summed E-state index contributed by atoms with van der Waals surface area (Å²) in [5.74, 6) is 0.259. The first kappa shape index (κ1) is 28.0. The van der Waals surface area contributed by atoms with Crippen LogP contribution < -0.4 is 20.9 Å². The predicted octanol–water partition coefficient (Wildman–Crippen LogP) is 5.29. The number of nitrogens with one attached hydrogen (secondary N) is 3. The molecule has 11 nitrogen and oxygen atoms in total. The lowest BCUT2D eigenvalue weighted by Crippen LogP contribution is -2.31. The third-order valence-electron chi connectivity index (χ3n) is 5.79. The van der Waals surface area contributed by atoms with E-state index >= 15 is 0 Å². The van der Waals surface area contributed by atoms with Crippen LogP contribution in [0.3, 0.4) is 0 Å². The van der Waals surface area contributed by atoms with Crippen LogP contribution in [0.1, 0.15) is 21.7 Å². The fourth-order valence-corrected chi connectivity index (χ4v) is 4.71. The SMILES string of the molecule is CN(C(=O)Nc1cc(CNc2ncsc2C(=O)NC2=CC3=C(CC=C2)OCC(F)(F)O3)ccn1)c1cccnc1Cl. The molecule has 5 rings (SSSR count). The fraction of sp³-hybridized carbons (Fsp3) is 0.192. The molecule has 212 valence electrons. The summed E-state index contributed by atoms with van der Waals surface area (Å²) in [4.78, 5) is 39.7. The third-order valence-corrected chi connectivity index (χ3v) is 6.91. The van der Waals surface area contributed by atoms with Crippen LogP contribution in [-0.2, 0) is 16.0 Å². The highest BCUT2D eigenvalue weighted by Crippen LogP contribution is 2.32. The summed E-state index contributed by atoms with van der Waals surface area (Å²) >= 11 is 7.19. The molecule has 0 atom stereocenters. The fourth-order valence-electron chi connectivity index (χ4n) is 3.81. The summed E-state index contributed by atoms with van der Waals surface area (Å²) in [6.07, 6.45) is 4.41. The summed E-state index contributed by atoms with van der Waals surface area (Å²) in [6, 6.07) is 6.28. The van der Waals surface area contributed by atoms with Gasteiger partial charge in [0.25, 0.3) is 5.91 Å². The minimum atomic E-state index is -3.46. The van der Waals surface area contributed by atoms with Gasteiger partial charge in [-0.15, -0.1) is 11.3 Å². The van der Waals surface area contributed by atoms with Crippen molar-refractivity contribution in [2.75, 3.05) is 29.2 Å². The van der Waals surface area contributed by atoms with Gasteiger partial charge in [0.1, 0.15) is 22.3 Å². The minimum absolute atomic E-state index is 0.139. The van der Waals surface area contributed by atoms with Gasteiger partial charge in [0.05, 0.1) is 11.2 Å². The second-order valence-electron chi connectivity index (χ2n) is 8.71. The normalized spacial score (nSPS) is 15.5. The van der Waals surface area contributed by atoms with Crippen LogP contribution in [-0.4, -0.2) is 46.7 Å². The highest BCUT2D eigenvalue weighted by atomic mass is 35.5. The Morgan fingerprint density at radius 2 is 2.05 bits per heavy atom. The molecule has 41 heavy (non-hydrogen) atoms. The van der Waals surface area contributed by atoms with E-state index in [0.717, 1.165) is 16.9 Å². The Hall–Kier alpha value is -4.56. The summed E-state index contributed by atoms with van der Waals surface area (Å²) in [7, 11) is 1.56. The zero-order chi connectivity index (χ0) is 29.0. The minimum Gasteiger partial charge on any atom is -0.483 e. The van der Waals surface area contributed by atoms with Crippen LogP contribution in [0.15, 0.2) is 77.6 Å². The Labute approximate surface area is 241 Å². The zero-order valence-corrected chi connectivity index (χ0v) is 22.9. The Morgan fingerprint density at radius 3 is 2.88 bits per heavy atom. The van der Waals surface area contributed by atoms with Gasteiger partial charge in [0, 0.05) is 44.2 Å². The topological polar surface area (TPSA) is 131 Å². The highest BCUT2D eigenvalue weighted by molar-refractivity contribution is 7.12. The molecule has 15 heteroatoms. The molecular weight excluding hydrogens is 580 g/mol. The maximum Gasteiger partial charge on any atom is 0.433 e. The van der Waals surface area contributed by atoms with E-state index in [1.54, 1.807) is 43.5 Å². The van der Waals surface area contributed by atoms with Gasteiger partial charge in [-0.05, 0) is 35.9 Å². The molecule has 3 N–H and O–H groups in total. The predicted molar refractivity (Wildman–Crippen MR) is 149 cm³/mol. The van der Waals surface area contributed by atoms with Crippen molar-refractivity contribution >= 4 is 52.2 Å². The van der Waals surface area contributed by atoms with Crippen molar-refractivity contribution in [3.63, 3.8) is 0 Å². The molecule has 1 aliphatic heterocycles. The van der Waals surface area contributed by atoms with E-state index in [0.29, 0.717) is 17.3 Å². The largest absolute Gasteiger partial charge is 0.483 e. The van der Waals surface area contributed by atoms with Crippen molar-refractivity contribution in [3.05, 3.63) is 93.2 Å². The van der Waals surface area contributed by atoms with Crippen LogP contribution in [0.25, 0.3) is 0 Å². The van der Waals surface area contributed by atoms with E-state index in [9.17, 15) is 18.4 Å². The van der Waals surface area contributed by atoms with Crippen molar-refractivity contribution < 1.29 is 27.8 Å². The molecule has 3 aromatic rings. The van der Waals surface area contributed by atoms with Crippen LogP contribution in [0, 0.1) is 0 Å². The molecule has 0 spiro atoms. The lowest BCUT2D eigenvalue weighted by atomic mass is 10.2. The molecule has 0 bridgehead atoms. The van der Waals surface area contributed by atoms with Gasteiger partial charge in [-0.25, -0.2) is 19.7 Å². The molecule has 0 fully saturated rings. The number of amides is 3. The van der Waals surface area contributed by atoms with E-state index in [2.05, 4.69) is 30.9 Å². The summed E-state index contributed by atoms with van der Waals surface area (Å²) in [6.45, 7) is -0.605. The first-order valence-electron chi connectivity index (χ1n) is 12.1. The van der Waals surface area contributed by atoms with E-state index in [1.165, 1.54) is 28.9 Å². The van der Waals surface area contributed by atoms with Gasteiger partial charge in [0.2, 0.25) is 0 Å². The van der Waals surface area contributed by atoms with E-state index in [1.807, 2.05) is 0 Å². The molecule has 1 aliphatic carbocycles. The van der Waals surface area contributed by atoms with E-state index < -0.39 is 24.7 Å². The Kier molecular flexibility index (Phi) is 8.12. The maximum atomic E-state index is 13.6. The van der Waals surface area contributed by atoms with E-state index in [-0.39, 0.29) is 40.2 Å². The van der Waals surface area contributed by atoms with Crippen molar-refractivity contribution in [1.82, 2.24) is 20.3 Å². The van der Waals surface area contributed by atoms with Gasteiger partial charge in [-0.1, -0.05) is 17.7 Å². The number of thiazole rings is 1. The summed E-state index contributed by atoms with van der Waals surface area (Å²) < 4.78 is 37.1. The average molecular weight is 602 g/mol. The molecule has 0 unspecified atom stereocenters. The summed E-state index contributed by atoms with van der Waals surface area (Å²) in [5, 5.41) is 8.69. The van der Waals surface area contributed by atoms with Gasteiger partial charge in [-0.3, -0.25) is 15.0 Å². The number of anilines is 3. The quantitative estimate of drug-likeness (QED) is 0.311. The van der Waals surface area contributed by atoms with Crippen LogP contribution in [0.2, 0.25) is 5.15 Å². The standard InChI is InChI=1S/C26H22ClF2N7O4S/c1-36(17-5-3-8-31-22(17)27)25(38)35-20-10-15(7-9-30-20)12-32-23-21(41-14-33-23)24(37)34-16-4-2-6-18-19(11-16)40-26(28,29)13-39-18/h2-5,7-11,14,32H,6,12-13H2,1H3,(H,34,37)(H,30,35,38). The number of allylic oxidation sites excluding steroid dienone is 3. The van der Waals surface area contributed by atoms with E-state index in [4.69, 9.17) is 21.1 Å². The molecule has 2 aliphatic rings. The number of urea groups is 1. The smallest absolute Gasteiger partial charge is 0.433 e. The lowest BCUT2D eigenvalue weighted by Gasteiger charge is -2.26. The molecule has 3 aromatic heterocycles. The molecule has 0 aromatic carbocycles. The number of nitrogens with zero attached hydrogens (tertiary/aromatic N) is 4. The number of carbonyl (C=O) groups is 2. The monoisotopic (exact) mass is 601 g/mol. The van der Waals surface area contributed by atoms with Crippen molar-refractivity contribution in [3.8, 4) is 0 Å². The number of aromatic nitrogens is 3. The molecule has 0 saturated carbocycles. The number of hydrogen-bond acceptors (Lipinski definition) is 9. The molecular formula is C26H22ClF2N7O4S. The van der Waals surface area contributed by atoms with Gasteiger partial charge >= 0.3 is 12.1 Å². The number of alkyl halides is 2. The highest BCUT2D eigenvalue weighted by Gasteiger charge is 2.39. The van der Waals surface area contributed by atoms with Crippen molar-refractivity contribution in [2.24, 2.45) is 0 Å².